The number of hydrogen-bond donors (Lipinski definition) is 2. The molecule has 0 aliphatic heterocycles. The molecule has 84 valence electrons. The molecule has 14 heavy (non-hydrogen) atoms. The second kappa shape index (κ2) is 4.63. The summed E-state index contributed by atoms with van der Waals surface area (Å²) in [6.45, 7) is 7.28. The van der Waals surface area contributed by atoms with Crippen LogP contribution in [0.1, 0.15) is 40.0 Å². The fraction of sp³-hybridized carbons (Fsp3) is 1.00. The third-order valence-electron chi connectivity index (χ3n) is 3.59. The standard InChI is InChI=1S/C12H25NO/c1-9-5-10(2)7-11(6-9)12(3,14)8-13-4/h9-11,13-14H,5-8H2,1-4H3. The van der Waals surface area contributed by atoms with Gasteiger partial charge in [-0.1, -0.05) is 13.8 Å². The van der Waals surface area contributed by atoms with E-state index in [0.717, 1.165) is 11.8 Å². The fourth-order valence-electron chi connectivity index (χ4n) is 2.96. The van der Waals surface area contributed by atoms with Crippen LogP contribution in [-0.2, 0) is 0 Å². The Kier molecular flexibility index (Phi) is 3.96. The maximum Gasteiger partial charge on any atom is 0.0771 e. The molecule has 2 nitrogen and oxygen atoms in total. The number of nitrogens with one attached hydrogen (secondary N) is 1. The summed E-state index contributed by atoms with van der Waals surface area (Å²) in [5.41, 5.74) is -0.530. The molecule has 1 aliphatic carbocycles. The van der Waals surface area contributed by atoms with E-state index in [4.69, 9.17) is 0 Å². The zero-order valence-corrected chi connectivity index (χ0v) is 10.0. The lowest BCUT2D eigenvalue weighted by molar-refractivity contribution is -0.0309. The summed E-state index contributed by atoms with van der Waals surface area (Å²) in [5.74, 6) is 2.01. The largest absolute Gasteiger partial charge is 0.389 e. The third kappa shape index (κ3) is 2.96. The molecule has 1 fully saturated rings. The van der Waals surface area contributed by atoms with E-state index in [1.165, 1.54) is 19.3 Å². The monoisotopic (exact) mass is 199 g/mol. The predicted octanol–water partition coefficient (Wildman–Crippen LogP) is 2.03. The Morgan fingerprint density at radius 2 is 1.71 bits per heavy atom. The Balaban J connectivity index is 2.57. The predicted molar refractivity (Wildman–Crippen MR) is 60.2 cm³/mol. The molecule has 2 heteroatoms. The lowest BCUT2D eigenvalue weighted by atomic mass is 9.70. The third-order valence-corrected chi connectivity index (χ3v) is 3.59. The highest BCUT2D eigenvalue weighted by molar-refractivity contribution is 4.88. The van der Waals surface area contributed by atoms with Crippen molar-refractivity contribution in [3.8, 4) is 0 Å². The Hall–Kier alpha value is -0.0800. The molecular weight excluding hydrogens is 174 g/mol. The summed E-state index contributed by atoms with van der Waals surface area (Å²) in [7, 11) is 1.91. The Labute approximate surface area is 88.1 Å². The number of hydrogen-bond acceptors (Lipinski definition) is 2. The quantitative estimate of drug-likeness (QED) is 0.729. The van der Waals surface area contributed by atoms with Crippen LogP contribution in [0.4, 0.5) is 0 Å². The molecule has 0 aromatic carbocycles. The molecule has 0 aromatic heterocycles. The lowest BCUT2D eigenvalue weighted by Gasteiger charge is -2.40. The molecule has 0 spiro atoms. The van der Waals surface area contributed by atoms with Crippen molar-refractivity contribution < 1.29 is 5.11 Å². The molecule has 0 saturated heterocycles. The maximum atomic E-state index is 10.3. The van der Waals surface area contributed by atoms with Crippen LogP contribution in [0, 0.1) is 17.8 Å². The van der Waals surface area contributed by atoms with Gasteiger partial charge < -0.3 is 10.4 Å². The van der Waals surface area contributed by atoms with Crippen LogP contribution in [-0.4, -0.2) is 24.3 Å². The van der Waals surface area contributed by atoms with Crippen LogP contribution in [0.2, 0.25) is 0 Å². The summed E-state index contributed by atoms with van der Waals surface area (Å²) in [4.78, 5) is 0. The number of rotatable bonds is 3. The van der Waals surface area contributed by atoms with Crippen LogP contribution < -0.4 is 5.32 Å². The van der Waals surface area contributed by atoms with Gasteiger partial charge in [-0.15, -0.1) is 0 Å². The van der Waals surface area contributed by atoms with Gasteiger partial charge in [-0.3, -0.25) is 0 Å². The summed E-state index contributed by atoms with van der Waals surface area (Å²) in [5, 5.41) is 13.4. The highest BCUT2D eigenvalue weighted by atomic mass is 16.3. The molecule has 1 rings (SSSR count). The Morgan fingerprint density at radius 3 is 2.14 bits per heavy atom. The SMILES string of the molecule is CNCC(C)(O)C1CC(C)CC(C)C1. The Morgan fingerprint density at radius 1 is 1.21 bits per heavy atom. The molecule has 3 atom stereocenters. The van der Waals surface area contributed by atoms with Crippen molar-refractivity contribution >= 4 is 0 Å². The van der Waals surface area contributed by atoms with Crippen LogP contribution >= 0.6 is 0 Å². The molecule has 0 aromatic rings. The van der Waals surface area contributed by atoms with Gasteiger partial charge in [0.05, 0.1) is 5.60 Å². The van der Waals surface area contributed by atoms with Crippen molar-refractivity contribution in [1.29, 1.82) is 0 Å². The van der Waals surface area contributed by atoms with Crippen molar-refractivity contribution in [2.45, 2.75) is 45.6 Å². The topological polar surface area (TPSA) is 32.3 Å². The van der Waals surface area contributed by atoms with E-state index in [1.807, 2.05) is 14.0 Å². The lowest BCUT2D eigenvalue weighted by Crippen LogP contribution is -2.46. The number of likely N-dealkylation sites (N-methyl/N-ethyl adjacent to an activating group) is 1. The van der Waals surface area contributed by atoms with E-state index in [1.54, 1.807) is 0 Å². The summed E-state index contributed by atoms with van der Waals surface area (Å²) in [6.07, 6.45) is 3.68. The van der Waals surface area contributed by atoms with Crippen molar-refractivity contribution in [3.63, 3.8) is 0 Å². The van der Waals surface area contributed by atoms with E-state index in [0.29, 0.717) is 12.5 Å². The van der Waals surface area contributed by atoms with Crippen molar-refractivity contribution in [3.05, 3.63) is 0 Å². The first-order valence-electron chi connectivity index (χ1n) is 5.82. The second-order valence-electron chi connectivity index (χ2n) is 5.50. The van der Waals surface area contributed by atoms with E-state index in [9.17, 15) is 5.11 Å². The second-order valence-corrected chi connectivity index (χ2v) is 5.50. The van der Waals surface area contributed by atoms with Gasteiger partial charge in [-0.05, 0) is 51.0 Å². The zero-order chi connectivity index (χ0) is 10.8. The molecular formula is C12H25NO. The highest BCUT2D eigenvalue weighted by Gasteiger charge is 2.36. The molecule has 0 radical (unpaired) electrons. The van der Waals surface area contributed by atoms with E-state index in [2.05, 4.69) is 19.2 Å². The maximum absolute atomic E-state index is 10.3. The van der Waals surface area contributed by atoms with Gasteiger partial charge in [0.15, 0.2) is 0 Å². The first-order valence-corrected chi connectivity index (χ1v) is 5.82. The highest BCUT2D eigenvalue weighted by Crippen LogP contribution is 2.38. The summed E-state index contributed by atoms with van der Waals surface area (Å²) >= 11 is 0. The molecule has 1 saturated carbocycles. The van der Waals surface area contributed by atoms with Crippen LogP contribution in [0.25, 0.3) is 0 Å². The van der Waals surface area contributed by atoms with E-state index in [-0.39, 0.29) is 0 Å². The van der Waals surface area contributed by atoms with Crippen molar-refractivity contribution in [2.75, 3.05) is 13.6 Å². The summed E-state index contributed by atoms with van der Waals surface area (Å²) < 4.78 is 0. The minimum Gasteiger partial charge on any atom is -0.389 e. The van der Waals surface area contributed by atoms with Crippen LogP contribution in [0.15, 0.2) is 0 Å². The van der Waals surface area contributed by atoms with Crippen LogP contribution in [0.3, 0.4) is 0 Å². The molecule has 3 unspecified atom stereocenters. The van der Waals surface area contributed by atoms with Gasteiger partial charge in [0, 0.05) is 6.54 Å². The molecule has 1 aliphatic rings. The average molecular weight is 199 g/mol. The minimum atomic E-state index is -0.530. The van der Waals surface area contributed by atoms with Crippen LogP contribution in [0.5, 0.6) is 0 Å². The smallest absolute Gasteiger partial charge is 0.0771 e. The molecule has 0 heterocycles. The summed E-state index contributed by atoms with van der Waals surface area (Å²) in [6, 6.07) is 0. The first kappa shape index (κ1) is 12.0. The van der Waals surface area contributed by atoms with Crippen molar-refractivity contribution in [1.82, 2.24) is 5.32 Å². The van der Waals surface area contributed by atoms with Gasteiger partial charge in [-0.25, -0.2) is 0 Å². The zero-order valence-electron chi connectivity index (χ0n) is 10.0. The average Bonchev–Trinajstić information content (AvgIpc) is 2.02. The molecule has 0 bridgehead atoms. The van der Waals surface area contributed by atoms with Gasteiger partial charge >= 0.3 is 0 Å². The number of aliphatic hydroxyl groups is 1. The van der Waals surface area contributed by atoms with Gasteiger partial charge in [0.25, 0.3) is 0 Å². The fourth-order valence-corrected chi connectivity index (χ4v) is 2.96. The van der Waals surface area contributed by atoms with Gasteiger partial charge in [0.1, 0.15) is 0 Å². The van der Waals surface area contributed by atoms with E-state index < -0.39 is 5.60 Å². The Bertz CT molecular complexity index is 169. The molecule has 0 amide bonds. The van der Waals surface area contributed by atoms with Crippen molar-refractivity contribution in [2.24, 2.45) is 17.8 Å². The van der Waals surface area contributed by atoms with E-state index >= 15 is 0 Å². The molecule has 2 N–H and O–H groups in total. The van der Waals surface area contributed by atoms with Gasteiger partial charge in [0.2, 0.25) is 0 Å². The minimum absolute atomic E-state index is 0.466. The van der Waals surface area contributed by atoms with Gasteiger partial charge in [-0.2, -0.15) is 0 Å². The first-order chi connectivity index (χ1) is 6.45. The normalized spacial score (nSPS) is 37.9.